The number of aromatic amines is 1. The van der Waals surface area contributed by atoms with Crippen LogP contribution in [-0.2, 0) is 11.2 Å². The van der Waals surface area contributed by atoms with Gasteiger partial charge in [-0.3, -0.25) is 4.79 Å². The predicted octanol–water partition coefficient (Wildman–Crippen LogP) is 2.33. The number of rotatable bonds is 5. The fraction of sp³-hybridized carbons (Fsp3) is 0.211. The van der Waals surface area contributed by atoms with Crippen molar-refractivity contribution in [3.05, 3.63) is 59.8 Å². The number of halogens is 2. The maximum Gasteiger partial charge on any atom is 0.285 e. The number of nitrogen functional groups attached to an aromatic ring is 1. The summed E-state index contributed by atoms with van der Waals surface area (Å²) in [7, 11) is 0. The van der Waals surface area contributed by atoms with Gasteiger partial charge in [0, 0.05) is 28.9 Å². The van der Waals surface area contributed by atoms with Gasteiger partial charge in [-0.2, -0.15) is 0 Å². The van der Waals surface area contributed by atoms with Crippen LogP contribution >= 0.6 is 0 Å². The molecular weight excluding hydrogens is 354 g/mol. The number of alkyl halides is 2. The normalized spacial score (nSPS) is 18.8. The maximum atomic E-state index is 13.9. The highest BCUT2D eigenvalue weighted by Crippen LogP contribution is 2.37. The molecule has 8 heteroatoms. The van der Waals surface area contributed by atoms with Crippen LogP contribution in [0.3, 0.4) is 0 Å². The SMILES string of the molecule is C=CC(=O)N1CC(F)(F)C1Cc1cc(/C=C(\N)c2ccccc2O)c(N)[nH]1. The summed E-state index contributed by atoms with van der Waals surface area (Å²) in [5.74, 6) is -3.22. The minimum Gasteiger partial charge on any atom is -0.507 e. The first kappa shape index (κ1) is 18.5. The quantitative estimate of drug-likeness (QED) is 0.602. The summed E-state index contributed by atoms with van der Waals surface area (Å²) in [5.41, 5.74) is 13.6. The Morgan fingerprint density at radius 2 is 2.15 bits per heavy atom. The number of nitrogens with one attached hydrogen (secondary N) is 1. The molecule has 1 aliphatic rings. The molecule has 27 heavy (non-hydrogen) atoms. The van der Waals surface area contributed by atoms with Crippen molar-refractivity contribution in [2.45, 2.75) is 18.4 Å². The zero-order valence-electron chi connectivity index (χ0n) is 14.5. The Balaban J connectivity index is 1.82. The molecule has 0 aliphatic carbocycles. The van der Waals surface area contributed by atoms with Crippen LogP contribution in [0.1, 0.15) is 16.8 Å². The number of likely N-dealkylation sites (tertiary alicyclic amines) is 1. The van der Waals surface area contributed by atoms with Crippen LogP contribution < -0.4 is 11.5 Å². The van der Waals surface area contributed by atoms with E-state index in [2.05, 4.69) is 11.6 Å². The molecule has 6 nitrogen and oxygen atoms in total. The highest BCUT2D eigenvalue weighted by atomic mass is 19.3. The summed E-state index contributed by atoms with van der Waals surface area (Å²) in [6.45, 7) is 2.71. The van der Waals surface area contributed by atoms with E-state index in [1.807, 2.05) is 0 Å². The van der Waals surface area contributed by atoms with Crippen molar-refractivity contribution in [3.63, 3.8) is 0 Å². The first-order valence-corrected chi connectivity index (χ1v) is 8.26. The third-order valence-electron chi connectivity index (χ3n) is 4.58. The van der Waals surface area contributed by atoms with Gasteiger partial charge in [0.2, 0.25) is 5.91 Å². The van der Waals surface area contributed by atoms with Crippen LogP contribution in [0.25, 0.3) is 11.8 Å². The van der Waals surface area contributed by atoms with Gasteiger partial charge in [-0.05, 0) is 30.4 Å². The van der Waals surface area contributed by atoms with Gasteiger partial charge in [0.25, 0.3) is 5.92 Å². The number of H-pyrrole nitrogens is 1. The summed E-state index contributed by atoms with van der Waals surface area (Å²) in [5, 5.41) is 9.87. The van der Waals surface area contributed by atoms with Gasteiger partial charge in [0.15, 0.2) is 0 Å². The Labute approximate surface area is 154 Å². The summed E-state index contributed by atoms with van der Waals surface area (Å²) < 4.78 is 27.8. The number of phenols is 1. The van der Waals surface area contributed by atoms with Crippen LogP contribution in [0.2, 0.25) is 0 Å². The molecule has 0 radical (unpaired) electrons. The van der Waals surface area contributed by atoms with Gasteiger partial charge in [-0.25, -0.2) is 8.78 Å². The molecule has 1 amide bonds. The van der Waals surface area contributed by atoms with Crippen molar-refractivity contribution in [1.82, 2.24) is 9.88 Å². The van der Waals surface area contributed by atoms with E-state index in [0.717, 1.165) is 11.0 Å². The molecule has 3 rings (SSSR count). The second-order valence-electron chi connectivity index (χ2n) is 6.43. The molecule has 1 aromatic heterocycles. The van der Waals surface area contributed by atoms with Crippen LogP contribution in [0, 0.1) is 0 Å². The van der Waals surface area contributed by atoms with Crippen molar-refractivity contribution >= 4 is 23.5 Å². The molecule has 1 saturated heterocycles. The zero-order chi connectivity index (χ0) is 19.8. The Hall–Kier alpha value is -3.29. The third-order valence-corrected chi connectivity index (χ3v) is 4.58. The lowest BCUT2D eigenvalue weighted by Crippen LogP contribution is -2.67. The van der Waals surface area contributed by atoms with Crippen LogP contribution in [-0.4, -0.2) is 39.4 Å². The molecule has 2 aromatic rings. The van der Waals surface area contributed by atoms with E-state index in [1.165, 1.54) is 6.07 Å². The molecule has 1 fully saturated rings. The van der Waals surface area contributed by atoms with E-state index in [-0.39, 0.29) is 23.7 Å². The summed E-state index contributed by atoms with van der Waals surface area (Å²) in [6.07, 6.45) is 2.49. The monoisotopic (exact) mass is 374 g/mol. The van der Waals surface area contributed by atoms with E-state index < -0.39 is 24.4 Å². The standard InChI is InChI=1S/C19H20F2N4O2/c1-2-17(27)25-10-19(20,21)16(25)9-12-7-11(18(23)24-12)8-14(22)13-5-3-4-6-15(13)26/h2-8,16,24,26H,1,9-10,22-23H2/b14-8-. The lowest BCUT2D eigenvalue weighted by molar-refractivity contribution is -0.190. The van der Waals surface area contributed by atoms with E-state index >= 15 is 0 Å². The largest absolute Gasteiger partial charge is 0.507 e. The van der Waals surface area contributed by atoms with Gasteiger partial charge in [0.1, 0.15) is 17.6 Å². The Morgan fingerprint density at radius 3 is 2.78 bits per heavy atom. The molecule has 142 valence electrons. The average molecular weight is 374 g/mol. The van der Waals surface area contributed by atoms with Crippen molar-refractivity contribution in [2.24, 2.45) is 5.73 Å². The number of amides is 1. The Morgan fingerprint density at radius 1 is 1.44 bits per heavy atom. The molecule has 6 N–H and O–H groups in total. The van der Waals surface area contributed by atoms with Gasteiger partial charge < -0.3 is 26.5 Å². The van der Waals surface area contributed by atoms with Crippen molar-refractivity contribution in [2.75, 3.05) is 12.3 Å². The highest BCUT2D eigenvalue weighted by Gasteiger charge is 2.56. The molecular formula is C19H20F2N4O2. The number of hydrogen-bond acceptors (Lipinski definition) is 4. The number of aromatic hydroxyl groups is 1. The molecule has 0 saturated carbocycles. The number of carbonyl (C=O) groups excluding carboxylic acids is 1. The second-order valence-corrected chi connectivity index (χ2v) is 6.43. The number of benzene rings is 1. The summed E-state index contributed by atoms with van der Waals surface area (Å²) in [4.78, 5) is 15.6. The first-order chi connectivity index (χ1) is 12.7. The van der Waals surface area contributed by atoms with Crippen molar-refractivity contribution < 1.29 is 18.7 Å². The minimum absolute atomic E-state index is 0.0215. The van der Waals surface area contributed by atoms with Crippen molar-refractivity contribution in [3.8, 4) is 5.75 Å². The zero-order valence-corrected chi connectivity index (χ0v) is 14.5. The number of hydrogen-bond donors (Lipinski definition) is 4. The number of nitrogens with two attached hydrogens (primary N) is 2. The van der Waals surface area contributed by atoms with E-state index in [4.69, 9.17) is 11.5 Å². The van der Waals surface area contributed by atoms with Crippen LogP contribution in [0.15, 0.2) is 43.0 Å². The van der Waals surface area contributed by atoms with Crippen LogP contribution in [0.4, 0.5) is 14.6 Å². The fourth-order valence-corrected chi connectivity index (χ4v) is 3.11. The van der Waals surface area contributed by atoms with Gasteiger partial charge in [-0.15, -0.1) is 0 Å². The lowest BCUT2D eigenvalue weighted by atomic mass is 9.93. The molecule has 1 unspecified atom stereocenters. The Kier molecular flexibility index (Phi) is 4.65. The number of phenolic OH excluding ortho intramolecular Hbond substituents is 1. The summed E-state index contributed by atoms with van der Waals surface area (Å²) in [6, 6.07) is 6.90. The molecule has 2 heterocycles. The number of aromatic nitrogens is 1. The topological polar surface area (TPSA) is 108 Å². The number of anilines is 1. The smallest absolute Gasteiger partial charge is 0.285 e. The maximum absolute atomic E-state index is 13.9. The summed E-state index contributed by atoms with van der Waals surface area (Å²) >= 11 is 0. The fourth-order valence-electron chi connectivity index (χ4n) is 3.11. The minimum atomic E-state index is -2.97. The molecule has 1 aliphatic heterocycles. The number of nitrogens with zero attached hydrogens (tertiary/aromatic N) is 1. The van der Waals surface area contributed by atoms with Gasteiger partial charge in [0.05, 0.1) is 6.54 Å². The molecule has 1 aromatic carbocycles. The molecule has 0 bridgehead atoms. The Bertz CT molecular complexity index is 920. The van der Waals surface area contributed by atoms with E-state index in [9.17, 15) is 18.7 Å². The third kappa shape index (κ3) is 3.51. The van der Waals surface area contributed by atoms with Gasteiger partial charge >= 0.3 is 0 Å². The van der Waals surface area contributed by atoms with Gasteiger partial charge in [-0.1, -0.05) is 18.7 Å². The first-order valence-electron chi connectivity index (χ1n) is 8.26. The average Bonchev–Trinajstić information content (AvgIpc) is 2.97. The van der Waals surface area contributed by atoms with Crippen LogP contribution in [0.5, 0.6) is 5.75 Å². The van der Waals surface area contributed by atoms with Crippen molar-refractivity contribution in [1.29, 1.82) is 0 Å². The van der Waals surface area contributed by atoms with E-state index in [1.54, 1.807) is 30.3 Å². The number of para-hydroxylation sites is 1. The molecule has 1 atom stereocenters. The second kappa shape index (κ2) is 6.79. The lowest BCUT2D eigenvalue weighted by Gasteiger charge is -2.47. The predicted molar refractivity (Wildman–Crippen MR) is 99.7 cm³/mol. The molecule has 0 spiro atoms. The van der Waals surface area contributed by atoms with E-state index in [0.29, 0.717) is 16.8 Å². The number of carbonyl (C=O) groups is 1. The highest BCUT2D eigenvalue weighted by molar-refractivity contribution is 5.88.